The fraction of sp³-hybridized carbons (Fsp3) is 0.607. The Labute approximate surface area is 232 Å². The van der Waals surface area contributed by atoms with Crippen LogP contribution in [0.3, 0.4) is 0 Å². The summed E-state index contributed by atoms with van der Waals surface area (Å²) in [6, 6.07) is 4.44. The molecule has 5 rings (SSSR count). The molecule has 1 aromatic heterocycles. The van der Waals surface area contributed by atoms with Crippen LogP contribution in [0, 0.1) is 6.92 Å². The normalized spacial score (nSPS) is 22.2. The van der Waals surface area contributed by atoms with Crippen molar-refractivity contribution in [1.29, 1.82) is 0 Å². The van der Waals surface area contributed by atoms with Crippen LogP contribution in [0.4, 0.5) is 19.0 Å². The maximum atomic E-state index is 13.7. The maximum absolute atomic E-state index is 13.7. The lowest BCUT2D eigenvalue weighted by Gasteiger charge is -2.38. The van der Waals surface area contributed by atoms with Gasteiger partial charge in [0.1, 0.15) is 11.5 Å². The molecule has 2 fully saturated rings. The van der Waals surface area contributed by atoms with Gasteiger partial charge in [-0.25, -0.2) is 0 Å². The second kappa shape index (κ2) is 11.9. The molecule has 12 heteroatoms. The largest absolute Gasteiger partial charge is 0.467 e. The summed E-state index contributed by atoms with van der Waals surface area (Å²) in [6.07, 6.45) is -1.33. The number of anilines is 1. The van der Waals surface area contributed by atoms with Crippen molar-refractivity contribution in [1.82, 2.24) is 20.2 Å². The number of aromatic nitrogens is 2. The van der Waals surface area contributed by atoms with Gasteiger partial charge in [0.2, 0.25) is 0 Å². The van der Waals surface area contributed by atoms with E-state index < -0.39 is 11.7 Å². The van der Waals surface area contributed by atoms with Crippen LogP contribution in [0.2, 0.25) is 0 Å². The number of carbonyl (C=O) groups excluding carboxylic acids is 1. The minimum absolute atomic E-state index is 0.0183. The van der Waals surface area contributed by atoms with Crippen molar-refractivity contribution < 1.29 is 32.2 Å². The topological polar surface area (TPSA) is 89.0 Å². The Morgan fingerprint density at radius 3 is 2.58 bits per heavy atom. The minimum Gasteiger partial charge on any atom is -0.467 e. The van der Waals surface area contributed by atoms with Gasteiger partial charge in [-0.1, -0.05) is 6.07 Å². The van der Waals surface area contributed by atoms with Crippen LogP contribution in [0.1, 0.15) is 52.0 Å². The molecule has 40 heavy (non-hydrogen) atoms. The highest BCUT2D eigenvalue weighted by atomic mass is 19.4. The van der Waals surface area contributed by atoms with Crippen LogP contribution < -0.4 is 15.0 Å². The second-order valence-corrected chi connectivity index (χ2v) is 10.6. The lowest BCUT2D eigenvalue weighted by molar-refractivity contribution is -0.137. The zero-order valence-electron chi connectivity index (χ0n) is 23.1. The molecule has 9 nitrogen and oxygen atoms in total. The van der Waals surface area contributed by atoms with E-state index in [0.29, 0.717) is 56.2 Å². The summed E-state index contributed by atoms with van der Waals surface area (Å²) in [5.74, 6) is 0.301. The quantitative estimate of drug-likeness (QED) is 0.573. The highest BCUT2D eigenvalue weighted by Crippen LogP contribution is 2.34. The van der Waals surface area contributed by atoms with Crippen molar-refractivity contribution in [2.45, 2.75) is 63.5 Å². The third-order valence-electron chi connectivity index (χ3n) is 8.17. The molecule has 1 amide bonds. The number of piperidine rings is 1. The highest BCUT2D eigenvalue weighted by Gasteiger charge is 2.34. The third kappa shape index (κ3) is 6.03. The summed E-state index contributed by atoms with van der Waals surface area (Å²) in [4.78, 5) is 26.3. The van der Waals surface area contributed by atoms with Crippen LogP contribution in [0.5, 0.6) is 6.01 Å². The van der Waals surface area contributed by atoms with Gasteiger partial charge in [0.25, 0.3) is 5.91 Å². The van der Waals surface area contributed by atoms with E-state index in [9.17, 15) is 18.0 Å². The van der Waals surface area contributed by atoms with Crippen LogP contribution in [0.15, 0.2) is 18.2 Å². The van der Waals surface area contributed by atoms with E-state index in [1.807, 2.05) is 4.90 Å². The second-order valence-electron chi connectivity index (χ2n) is 10.6. The van der Waals surface area contributed by atoms with E-state index in [0.717, 1.165) is 30.9 Å². The van der Waals surface area contributed by atoms with E-state index in [-0.39, 0.29) is 42.3 Å². The van der Waals surface area contributed by atoms with Gasteiger partial charge in [0.15, 0.2) is 0 Å². The smallest absolute Gasteiger partial charge is 0.416 e. The number of methoxy groups -OCH3 is 2. The number of alkyl halides is 3. The number of fused-ring (bicyclic) bond motifs is 1. The molecule has 2 atom stereocenters. The Bertz CT molecular complexity index is 1220. The predicted octanol–water partition coefficient (Wildman–Crippen LogP) is 3.37. The van der Waals surface area contributed by atoms with Gasteiger partial charge in [0, 0.05) is 57.5 Å². The predicted molar refractivity (Wildman–Crippen MR) is 142 cm³/mol. The fourth-order valence-corrected chi connectivity index (χ4v) is 5.84. The van der Waals surface area contributed by atoms with Crippen LogP contribution in [-0.2, 0) is 28.6 Å². The number of amides is 1. The van der Waals surface area contributed by atoms with Gasteiger partial charge in [-0.05, 0) is 55.9 Å². The lowest BCUT2D eigenvalue weighted by atomic mass is 9.96. The molecule has 0 spiro atoms. The van der Waals surface area contributed by atoms with Gasteiger partial charge >= 0.3 is 12.2 Å². The number of halogens is 3. The number of benzene rings is 1. The lowest BCUT2D eigenvalue weighted by Crippen LogP contribution is -2.54. The minimum atomic E-state index is -4.41. The Hall–Kier alpha value is -2.96. The number of hydrogen-bond donors (Lipinski definition) is 1. The van der Waals surface area contributed by atoms with Gasteiger partial charge in [-0.15, -0.1) is 0 Å². The van der Waals surface area contributed by atoms with Gasteiger partial charge < -0.3 is 29.3 Å². The molecule has 0 unspecified atom stereocenters. The van der Waals surface area contributed by atoms with Crippen molar-refractivity contribution in [3.05, 3.63) is 46.1 Å². The summed E-state index contributed by atoms with van der Waals surface area (Å²) < 4.78 is 56.4. The van der Waals surface area contributed by atoms with E-state index in [1.54, 1.807) is 25.0 Å². The van der Waals surface area contributed by atoms with Crippen molar-refractivity contribution in [3.63, 3.8) is 0 Å². The van der Waals surface area contributed by atoms with Gasteiger partial charge in [0.05, 0.1) is 25.4 Å². The van der Waals surface area contributed by atoms with Crippen molar-refractivity contribution >= 4 is 11.7 Å². The summed E-state index contributed by atoms with van der Waals surface area (Å²) in [6.45, 7) is 5.03. The first-order valence-electron chi connectivity index (χ1n) is 13.7. The molecular weight excluding hydrogens is 527 g/mol. The Kier molecular flexibility index (Phi) is 8.48. The first kappa shape index (κ1) is 28.6. The third-order valence-corrected chi connectivity index (χ3v) is 8.17. The molecule has 0 bridgehead atoms. The van der Waals surface area contributed by atoms with E-state index in [1.165, 1.54) is 13.2 Å². The zero-order chi connectivity index (χ0) is 28.4. The van der Waals surface area contributed by atoms with Gasteiger partial charge in [-0.2, -0.15) is 23.1 Å². The number of likely N-dealkylation sites (tertiary alicyclic amines) is 1. The highest BCUT2D eigenvalue weighted by molar-refractivity contribution is 5.95. The molecule has 0 saturated carbocycles. The van der Waals surface area contributed by atoms with Crippen LogP contribution in [0.25, 0.3) is 0 Å². The molecule has 4 heterocycles. The fourth-order valence-electron chi connectivity index (χ4n) is 5.84. The summed E-state index contributed by atoms with van der Waals surface area (Å²) in [5, 5.41) is 3.70. The first-order chi connectivity index (χ1) is 19.2. The molecule has 0 aliphatic carbocycles. The maximum Gasteiger partial charge on any atom is 0.416 e. The molecule has 0 radical (unpaired) electrons. The first-order valence-corrected chi connectivity index (χ1v) is 13.7. The van der Waals surface area contributed by atoms with Crippen molar-refractivity contribution in [2.75, 3.05) is 52.0 Å². The summed E-state index contributed by atoms with van der Waals surface area (Å²) >= 11 is 0. The zero-order valence-corrected chi connectivity index (χ0v) is 23.1. The SMILES string of the molecule is COc1nc(C(=O)N2CCC(N[C@@H]3CCOC[C@@H]3OC)CC2)c(C)c(N2CCc3ccc(C(F)(F)F)cc3C2)n1. The molecule has 3 aliphatic heterocycles. The molecular formula is C28H36F3N5O4. The number of nitrogens with one attached hydrogen (secondary N) is 1. The van der Waals surface area contributed by atoms with Gasteiger partial charge in [-0.3, -0.25) is 4.79 Å². The molecule has 1 N–H and O–H groups in total. The number of ether oxygens (including phenoxy) is 3. The Balaban J connectivity index is 1.30. The Morgan fingerprint density at radius 1 is 1.10 bits per heavy atom. The molecule has 2 aromatic rings. The average Bonchev–Trinajstić information content (AvgIpc) is 2.96. The van der Waals surface area contributed by atoms with Crippen LogP contribution in [-0.4, -0.2) is 86.0 Å². The number of rotatable bonds is 6. The van der Waals surface area contributed by atoms with Crippen LogP contribution >= 0.6 is 0 Å². The molecule has 1 aromatic carbocycles. The summed E-state index contributed by atoms with van der Waals surface area (Å²) in [5.41, 5.74) is 1.65. The van der Waals surface area contributed by atoms with E-state index in [2.05, 4.69) is 15.3 Å². The molecule has 2 saturated heterocycles. The van der Waals surface area contributed by atoms with E-state index in [4.69, 9.17) is 14.2 Å². The van der Waals surface area contributed by atoms with E-state index >= 15 is 0 Å². The summed E-state index contributed by atoms with van der Waals surface area (Å²) in [7, 11) is 3.13. The molecule has 3 aliphatic rings. The number of nitrogens with zero attached hydrogens (tertiary/aromatic N) is 4. The molecule has 218 valence electrons. The Morgan fingerprint density at radius 2 is 1.88 bits per heavy atom. The number of carbonyl (C=O) groups is 1. The number of hydrogen-bond acceptors (Lipinski definition) is 8. The monoisotopic (exact) mass is 563 g/mol. The standard InChI is InChI=1S/C28H36F3N5O4/c1-17-24(26(37)35-11-7-21(8-12-35)32-22-9-13-40-16-23(22)38-2)33-27(39-3)34-25(17)36-10-6-18-4-5-20(28(29,30)31)14-19(18)15-36/h4-5,14,21-23,32H,6-13,15-16H2,1-3H3/t22-,23+/m1/s1. The average molecular weight is 564 g/mol. The van der Waals surface area contributed by atoms with Crippen molar-refractivity contribution in [2.24, 2.45) is 0 Å². The van der Waals surface area contributed by atoms with Crippen molar-refractivity contribution in [3.8, 4) is 6.01 Å².